The Morgan fingerprint density at radius 3 is 2.55 bits per heavy atom. The van der Waals surface area contributed by atoms with Gasteiger partial charge in [-0.3, -0.25) is 24.5 Å². The number of H-pyrrole nitrogens is 1. The summed E-state index contributed by atoms with van der Waals surface area (Å²) < 4.78 is 1.01. The van der Waals surface area contributed by atoms with Gasteiger partial charge in [0.1, 0.15) is 0 Å². The van der Waals surface area contributed by atoms with Crippen LogP contribution in [-0.2, 0) is 6.54 Å². The lowest BCUT2D eigenvalue weighted by molar-refractivity contribution is -0.386. The van der Waals surface area contributed by atoms with Gasteiger partial charge in [0, 0.05) is 0 Å². The van der Waals surface area contributed by atoms with Crippen molar-refractivity contribution in [3.05, 3.63) is 71.0 Å². The Labute approximate surface area is 121 Å². The van der Waals surface area contributed by atoms with Crippen LogP contribution in [-0.4, -0.2) is 14.5 Å². The molecule has 9 heteroatoms. The fraction of sp³-hybridized carbons (Fsp3) is 0.0909. The van der Waals surface area contributed by atoms with E-state index in [1.807, 2.05) is 4.98 Å². The predicted molar refractivity (Wildman–Crippen MR) is 73.5 cm³/mol. The summed E-state index contributed by atoms with van der Waals surface area (Å²) in [5.41, 5.74) is -1.87. The van der Waals surface area contributed by atoms with Crippen molar-refractivity contribution in [2.45, 2.75) is 6.54 Å². The molecule has 0 fully saturated rings. The van der Waals surface area contributed by atoms with E-state index >= 15 is 0 Å². The van der Waals surface area contributed by atoms with Crippen molar-refractivity contribution in [3.8, 4) is 0 Å². The number of aromatic nitrogens is 2. The maximum atomic E-state index is 11.6. The Balaban J connectivity index is 2.45. The van der Waals surface area contributed by atoms with E-state index in [-0.39, 0.29) is 6.54 Å². The number of nitrogens with one attached hydrogen (secondary N) is 1. The van der Waals surface area contributed by atoms with Crippen molar-refractivity contribution in [2.24, 2.45) is 0 Å². The molecule has 2 aromatic rings. The van der Waals surface area contributed by atoms with E-state index in [9.17, 15) is 19.7 Å². The molecular formula is C11H7Cl2N3O4. The highest BCUT2D eigenvalue weighted by atomic mass is 35.5. The van der Waals surface area contributed by atoms with Gasteiger partial charge in [0.2, 0.25) is 0 Å². The fourth-order valence-electron chi connectivity index (χ4n) is 1.58. The third-order valence-electron chi connectivity index (χ3n) is 2.53. The zero-order valence-corrected chi connectivity index (χ0v) is 11.3. The smallest absolute Gasteiger partial charge is 0.289 e. The standard InChI is InChI=1S/C11H7Cl2N3O4/c12-7-2-1-6(3-8(7)13)4-15-5-9(16(19)20)10(17)14-11(15)18/h1-3,5H,4H2,(H,14,17,18). The molecule has 1 heterocycles. The van der Waals surface area contributed by atoms with E-state index in [1.54, 1.807) is 12.1 Å². The maximum Gasteiger partial charge on any atom is 0.350 e. The molecule has 0 aliphatic carbocycles. The van der Waals surface area contributed by atoms with Crippen LogP contribution in [0.1, 0.15) is 5.56 Å². The summed E-state index contributed by atoms with van der Waals surface area (Å²) in [5, 5.41) is 11.3. The van der Waals surface area contributed by atoms with Crippen molar-refractivity contribution >= 4 is 28.9 Å². The van der Waals surface area contributed by atoms with Gasteiger partial charge < -0.3 is 0 Å². The first-order valence-corrected chi connectivity index (χ1v) is 6.06. The van der Waals surface area contributed by atoms with Gasteiger partial charge in [-0.05, 0) is 17.7 Å². The largest absolute Gasteiger partial charge is 0.350 e. The quantitative estimate of drug-likeness (QED) is 0.689. The second kappa shape index (κ2) is 5.48. The van der Waals surface area contributed by atoms with E-state index in [0.29, 0.717) is 15.6 Å². The van der Waals surface area contributed by atoms with Crippen molar-refractivity contribution < 1.29 is 4.92 Å². The van der Waals surface area contributed by atoms with E-state index in [0.717, 1.165) is 10.8 Å². The van der Waals surface area contributed by atoms with Crippen LogP contribution in [0.15, 0.2) is 34.0 Å². The van der Waals surface area contributed by atoms with Gasteiger partial charge in [-0.2, -0.15) is 0 Å². The first kappa shape index (κ1) is 14.3. The Morgan fingerprint density at radius 2 is 1.95 bits per heavy atom. The number of halogens is 2. The van der Waals surface area contributed by atoms with E-state index in [4.69, 9.17) is 23.2 Å². The number of rotatable bonds is 3. The molecule has 0 saturated heterocycles. The molecule has 0 unspecified atom stereocenters. The van der Waals surface area contributed by atoms with Crippen LogP contribution in [0.4, 0.5) is 5.69 Å². The third-order valence-corrected chi connectivity index (χ3v) is 3.26. The molecule has 1 aromatic carbocycles. The first-order valence-electron chi connectivity index (χ1n) is 5.30. The Kier molecular flexibility index (Phi) is 3.91. The van der Waals surface area contributed by atoms with Gasteiger partial charge in [-0.25, -0.2) is 4.79 Å². The highest BCUT2D eigenvalue weighted by Crippen LogP contribution is 2.22. The highest BCUT2D eigenvalue weighted by Gasteiger charge is 2.15. The molecule has 1 aromatic heterocycles. The molecule has 1 N–H and O–H groups in total. The summed E-state index contributed by atoms with van der Waals surface area (Å²) in [7, 11) is 0. The number of benzene rings is 1. The van der Waals surface area contributed by atoms with Gasteiger partial charge in [0.15, 0.2) is 0 Å². The zero-order chi connectivity index (χ0) is 14.9. The lowest BCUT2D eigenvalue weighted by Gasteiger charge is -2.06. The molecule has 7 nitrogen and oxygen atoms in total. The van der Waals surface area contributed by atoms with Crippen LogP contribution in [0, 0.1) is 10.1 Å². The summed E-state index contributed by atoms with van der Waals surface area (Å²) in [6, 6.07) is 4.70. The Bertz CT molecular complexity index is 797. The van der Waals surface area contributed by atoms with Gasteiger partial charge in [-0.1, -0.05) is 29.3 Å². The van der Waals surface area contributed by atoms with Crippen LogP contribution in [0.5, 0.6) is 0 Å². The summed E-state index contributed by atoms with van der Waals surface area (Å²) >= 11 is 11.6. The number of hydrogen-bond donors (Lipinski definition) is 1. The number of nitro groups is 1. The van der Waals surface area contributed by atoms with E-state index < -0.39 is 21.9 Å². The van der Waals surface area contributed by atoms with Crippen LogP contribution >= 0.6 is 23.2 Å². The summed E-state index contributed by atoms with van der Waals surface area (Å²) in [6.45, 7) is 0.0212. The summed E-state index contributed by atoms with van der Waals surface area (Å²) in [6.07, 6.45) is 0.893. The van der Waals surface area contributed by atoms with Gasteiger partial charge >= 0.3 is 16.9 Å². The van der Waals surface area contributed by atoms with E-state index in [2.05, 4.69) is 0 Å². The second-order valence-corrected chi connectivity index (χ2v) is 4.72. The van der Waals surface area contributed by atoms with Crippen molar-refractivity contribution in [2.75, 3.05) is 0 Å². The molecule has 0 bridgehead atoms. The molecule has 0 aliphatic heterocycles. The van der Waals surface area contributed by atoms with Crippen molar-refractivity contribution in [1.29, 1.82) is 0 Å². The zero-order valence-electron chi connectivity index (χ0n) is 9.80. The van der Waals surface area contributed by atoms with Crippen LogP contribution in [0.3, 0.4) is 0 Å². The normalized spacial score (nSPS) is 10.5. The summed E-state index contributed by atoms with van der Waals surface area (Å²) in [5.74, 6) is 0. The lowest BCUT2D eigenvalue weighted by atomic mass is 10.2. The number of hydrogen-bond acceptors (Lipinski definition) is 4. The van der Waals surface area contributed by atoms with Gasteiger partial charge in [-0.15, -0.1) is 0 Å². The third kappa shape index (κ3) is 2.89. The predicted octanol–water partition coefficient (Wildman–Crippen LogP) is 1.80. The molecule has 0 aliphatic rings. The second-order valence-electron chi connectivity index (χ2n) is 3.91. The average molecular weight is 316 g/mol. The molecule has 0 radical (unpaired) electrons. The van der Waals surface area contributed by atoms with Crippen LogP contribution in [0.2, 0.25) is 10.0 Å². The van der Waals surface area contributed by atoms with Crippen LogP contribution < -0.4 is 11.2 Å². The minimum atomic E-state index is -1.04. The van der Waals surface area contributed by atoms with Crippen molar-refractivity contribution in [1.82, 2.24) is 9.55 Å². The number of aromatic amines is 1. The number of nitrogens with zero attached hydrogens (tertiary/aromatic N) is 2. The Hall–Kier alpha value is -2.12. The minimum Gasteiger partial charge on any atom is -0.289 e. The monoisotopic (exact) mass is 315 g/mol. The first-order chi connectivity index (χ1) is 9.38. The average Bonchev–Trinajstić information content (AvgIpc) is 2.36. The minimum absolute atomic E-state index is 0.0212. The molecule has 0 saturated carbocycles. The molecule has 0 atom stereocenters. The molecule has 0 amide bonds. The topological polar surface area (TPSA) is 98.0 Å². The summed E-state index contributed by atoms with van der Waals surface area (Å²) in [4.78, 5) is 34.5. The fourth-order valence-corrected chi connectivity index (χ4v) is 1.90. The van der Waals surface area contributed by atoms with Crippen LogP contribution in [0.25, 0.3) is 0 Å². The highest BCUT2D eigenvalue weighted by molar-refractivity contribution is 6.42. The molecule has 20 heavy (non-hydrogen) atoms. The van der Waals surface area contributed by atoms with Gasteiger partial charge in [0.05, 0.1) is 27.7 Å². The maximum absolute atomic E-state index is 11.6. The molecule has 2 rings (SSSR count). The molecular weight excluding hydrogens is 309 g/mol. The SMILES string of the molecule is O=c1[nH]c(=O)n(Cc2ccc(Cl)c(Cl)c2)cc1[N+](=O)[O-]. The molecule has 104 valence electrons. The lowest BCUT2D eigenvalue weighted by Crippen LogP contribution is -2.31. The van der Waals surface area contributed by atoms with Gasteiger partial charge in [0.25, 0.3) is 0 Å². The van der Waals surface area contributed by atoms with Crippen molar-refractivity contribution in [3.63, 3.8) is 0 Å². The van der Waals surface area contributed by atoms with E-state index in [1.165, 1.54) is 6.07 Å². The molecule has 0 spiro atoms. The Morgan fingerprint density at radius 1 is 1.25 bits per heavy atom.